The van der Waals surface area contributed by atoms with Crippen molar-refractivity contribution < 1.29 is 9.15 Å². The second-order valence-corrected chi connectivity index (χ2v) is 6.71. The lowest BCUT2D eigenvalue weighted by molar-refractivity contribution is 0.195. The molecule has 8 nitrogen and oxygen atoms in total. The molecule has 158 valence electrons. The number of para-hydroxylation sites is 1. The molecule has 0 radical (unpaired) electrons. The van der Waals surface area contributed by atoms with Crippen molar-refractivity contribution in [1.82, 2.24) is 25.4 Å². The number of hydrogen-bond acceptors (Lipinski definition) is 5. The number of halogens is 1. The van der Waals surface area contributed by atoms with Crippen LogP contribution < -0.4 is 10.6 Å². The van der Waals surface area contributed by atoms with E-state index < -0.39 is 0 Å². The van der Waals surface area contributed by atoms with E-state index in [1.165, 1.54) is 0 Å². The molecule has 2 N–H and O–H groups in total. The third-order valence-electron chi connectivity index (χ3n) is 4.60. The molecule has 0 saturated carbocycles. The molecule has 2 heterocycles. The normalized spacial score (nSPS) is 12.6. The monoisotopic (exact) mass is 512 g/mol. The van der Waals surface area contributed by atoms with Crippen LogP contribution in [0.3, 0.4) is 0 Å². The first-order valence-electron chi connectivity index (χ1n) is 9.45. The van der Waals surface area contributed by atoms with Crippen molar-refractivity contribution in [2.75, 3.05) is 20.3 Å². The number of aliphatic imine (C=N–C) groups is 1. The van der Waals surface area contributed by atoms with Gasteiger partial charge >= 0.3 is 0 Å². The highest BCUT2D eigenvalue weighted by atomic mass is 127. The van der Waals surface area contributed by atoms with Gasteiger partial charge in [-0.3, -0.25) is 0 Å². The van der Waals surface area contributed by atoms with Gasteiger partial charge in [-0.05, 0) is 32.4 Å². The van der Waals surface area contributed by atoms with Gasteiger partial charge in [0.25, 0.3) is 0 Å². The average molecular weight is 512 g/mol. The first-order valence-corrected chi connectivity index (χ1v) is 9.45. The number of nitrogens with one attached hydrogen (secondary N) is 2. The summed E-state index contributed by atoms with van der Waals surface area (Å²) in [5, 5.41) is 16.1. The van der Waals surface area contributed by atoms with Gasteiger partial charge in [0.2, 0.25) is 0 Å². The van der Waals surface area contributed by atoms with Crippen LogP contribution in [0.15, 0.2) is 39.7 Å². The van der Waals surface area contributed by atoms with E-state index in [9.17, 15) is 0 Å². The van der Waals surface area contributed by atoms with Gasteiger partial charge in [0.15, 0.2) is 11.8 Å². The summed E-state index contributed by atoms with van der Waals surface area (Å²) in [4.78, 5) is 4.67. The number of methoxy groups -OCH3 is 1. The maximum Gasteiger partial charge on any atom is 0.192 e. The van der Waals surface area contributed by atoms with E-state index >= 15 is 0 Å². The van der Waals surface area contributed by atoms with Crippen molar-refractivity contribution >= 4 is 40.9 Å². The summed E-state index contributed by atoms with van der Waals surface area (Å²) in [6, 6.07) is 10.0. The number of aromatic nitrogens is 3. The maximum absolute atomic E-state index is 5.97. The minimum absolute atomic E-state index is 0. The fourth-order valence-electron chi connectivity index (χ4n) is 2.81. The number of furan rings is 1. The molecule has 0 fully saturated rings. The first kappa shape index (κ1) is 23.1. The molecule has 0 saturated heterocycles. The van der Waals surface area contributed by atoms with Gasteiger partial charge in [0.1, 0.15) is 23.7 Å². The number of nitrogens with zero attached hydrogens (tertiary/aromatic N) is 4. The van der Waals surface area contributed by atoms with Crippen LogP contribution in [-0.2, 0) is 18.3 Å². The van der Waals surface area contributed by atoms with Crippen LogP contribution in [0, 0.1) is 6.92 Å². The van der Waals surface area contributed by atoms with Crippen molar-refractivity contribution in [2.24, 2.45) is 12.0 Å². The molecule has 3 rings (SSSR count). The van der Waals surface area contributed by atoms with E-state index in [2.05, 4.69) is 38.8 Å². The van der Waals surface area contributed by atoms with Crippen LogP contribution in [0.1, 0.15) is 36.8 Å². The van der Waals surface area contributed by atoms with Crippen LogP contribution in [0.4, 0.5) is 0 Å². The average Bonchev–Trinajstić information content (AvgIpc) is 3.27. The molecule has 9 heteroatoms. The van der Waals surface area contributed by atoms with Gasteiger partial charge in [0.05, 0.1) is 6.04 Å². The molecule has 3 aromatic rings. The Hall–Kier alpha value is -2.14. The molecule has 2 aromatic heterocycles. The predicted molar refractivity (Wildman–Crippen MR) is 125 cm³/mol. The fourth-order valence-corrected chi connectivity index (χ4v) is 2.81. The quantitative estimate of drug-likeness (QED) is 0.208. The zero-order valence-corrected chi connectivity index (χ0v) is 19.6. The van der Waals surface area contributed by atoms with E-state index in [0.717, 1.165) is 41.3 Å². The van der Waals surface area contributed by atoms with Crippen LogP contribution in [0.5, 0.6) is 0 Å². The number of rotatable bonds is 8. The van der Waals surface area contributed by atoms with Gasteiger partial charge in [-0.2, -0.15) is 0 Å². The molecule has 0 aliphatic heterocycles. The van der Waals surface area contributed by atoms with Crippen molar-refractivity contribution in [3.8, 4) is 0 Å². The van der Waals surface area contributed by atoms with Gasteiger partial charge in [-0.1, -0.05) is 18.2 Å². The molecule has 0 bridgehead atoms. The molecule has 29 heavy (non-hydrogen) atoms. The summed E-state index contributed by atoms with van der Waals surface area (Å²) >= 11 is 0. The Labute approximate surface area is 188 Å². The Morgan fingerprint density at radius 2 is 2.10 bits per heavy atom. The summed E-state index contributed by atoms with van der Waals surface area (Å²) in [6.07, 6.45) is 0.888. The molecule has 0 aliphatic rings. The van der Waals surface area contributed by atoms with E-state index in [4.69, 9.17) is 9.15 Å². The molecule has 1 unspecified atom stereocenters. The fraction of sp³-hybridized carbons (Fsp3) is 0.450. The number of aryl methyl sites for hydroxylation is 1. The molecule has 1 atom stereocenters. The van der Waals surface area contributed by atoms with Crippen LogP contribution in [-0.4, -0.2) is 41.0 Å². The van der Waals surface area contributed by atoms with Crippen molar-refractivity contribution in [3.05, 3.63) is 47.7 Å². The molecule has 0 aliphatic carbocycles. The van der Waals surface area contributed by atoms with E-state index in [1.54, 1.807) is 7.11 Å². The Balaban J connectivity index is 0.00000300. The summed E-state index contributed by atoms with van der Waals surface area (Å²) in [6.45, 7) is 5.86. The van der Waals surface area contributed by atoms with Crippen LogP contribution >= 0.6 is 24.0 Å². The Bertz CT molecular complexity index is 903. The molecular weight excluding hydrogens is 483 g/mol. The van der Waals surface area contributed by atoms with Gasteiger partial charge in [-0.15, -0.1) is 34.2 Å². The largest absolute Gasteiger partial charge is 0.459 e. The highest BCUT2D eigenvalue weighted by molar-refractivity contribution is 14.0. The highest BCUT2D eigenvalue weighted by Crippen LogP contribution is 2.23. The number of hydrogen-bond donors (Lipinski definition) is 2. The van der Waals surface area contributed by atoms with E-state index in [0.29, 0.717) is 19.1 Å². The van der Waals surface area contributed by atoms with Gasteiger partial charge in [-0.25, -0.2) is 4.99 Å². The highest BCUT2D eigenvalue weighted by Gasteiger charge is 2.13. The van der Waals surface area contributed by atoms with Crippen molar-refractivity contribution in [1.29, 1.82) is 0 Å². The maximum atomic E-state index is 5.97. The first-order chi connectivity index (χ1) is 13.6. The van der Waals surface area contributed by atoms with E-state index in [1.807, 2.05) is 42.8 Å². The zero-order chi connectivity index (χ0) is 19.9. The topological polar surface area (TPSA) is 89.5 Å². The summed E-state index contributed by atoms with van der Waals surface area (Å²) in [7, 11) is 3.64. The lowest BCUT2D eigenvalue weighted by Crippen LogP contribution is -2.39. The second kappa shape index (κ2) is 11.1. The predicted octanol–water partition coefficient (Wildman–Crippen LogP) is 3.32. The SMILES string of the molecule is COCCCNC(=NCc1nnc(C)n1C)NC(C)c1cc2ccccc2o1.I. The zero-order valence-electron chi connectivity index (χ0n) is 17.3. The Morgan fingerprint density at radius 1 is 1.31 bits per heavy atom. The minimum Gasteiger partial charge on any atom is -0.459 e. The third-order valence-corrected chi connectivity index (χ3v) is 4.60. The minimum atomic E-state index is -0.0395. The van der Waals surface area contributed by atoms with Crippen molar-refractivity contribution in [2.45, 2.75) is 32.9 Å². The number of fused-ring (bicyclic) bond motifs is 1. The Morgan fingerprint density at radius 3 is 2.79 bits per heavy atom. The molecule has 0 spiro atoms. The lowest BCUT2D eigenvalue weighted by Gasteiger charge is -2.17. The molecule has 1 aromatic carbocycles. The number of ether oxygens (including phenoxy) is 1. The van der Waals surface area contributed by atoms with Crippen LogP contribution in [0.2, 0.25) is 0 Å². The van der Waals surface area contributed by atoms with Gasteiger partial charge < -0.3 is 24.4 Å². The third kappa shape index (κ3) is 6.17. The van der Waals surface area contributed by atoms with Crippen molar-refractivity contribution in [3.63, 3.8) is 0 Å². The lowest BCUT2D eigenvalue weighted by atomic mass is 10.2. The van der Waals surface area contributed by atoms with E-state index in [-0.39, 0.29) is 30.0 Å². The standard InChI is InChI=1S/C20H28N6O2.HI/c1-14(18-12-16-8-5-6-9-17(16)28-18)23-20(21-10-7-11-27-4)22-13-19-25-24-15(2)26(19)3;/h5-6,8-9,12,14H,7,10-11,13H2,1-4H3,(H2,21,22,23);1H. The molecular formula is C20H29IN6O2. The number of benzene rings is 1. The Kier molecular flexibility index (Phi) is 8.90. The van der Waals surface area contributed by atoms with Crippen LogP contribution in [0.25, 0.3) is 11.0 Å². The molecule has 0 amide bonds. The summed E-state index contributed by atoms with van der Waals surface area (Å²) in [5.41, 5.74) is 0.882. The van der Waals surface area contributed by atoms with Gasteiger partial charge in [0, 0.05) is 32.7 Å². The number of guanidine groups is 1. The summed E-state index contributed by atoms with van der Waals surface area (Å²) in [5.74, 6) is 3.24. The smallest absolute Gasteiger partial charge is 0.192 e. The summed E-state index contributed by atoms with van der Waals surface area (Å²) < 4.78 is 13.0. The second-order valence-electron chi connectivity index (χ2n) is 6.71.